The van der Waals surface area contributed by atoms with Crippen LogP contribution in [-0.4, -0.2) is 20.8 Å². The van der Waals surface area contributed by atoms with E-state index in [-0.39, 0.29) is 0 Å². The van der Waals surface area contributed by atoms with E-state index in [0.29, 0.717) is 6.04 Å². The van der Waals surface area contributed by atoms with Crippen molar-refractivity contribution in [3.05, 3.63) is 34.0 Å². The Morgan fingerprint density at radius 3 is 3.28 bits per heavy atom. The van der Waals surface area contributed by atoms with Gasteiger partial charge < -0.3 is 5.32 Å². The van der Waals surface area contributed by atoms with Crippen LogP contribution in [0, 0.1) is 0 Å². The average Bonchev–Trinajstić information content (AvgIpc) is 3.04. The number of aromatic nitrogens is 3. The van der Waals surface area contributed by atoms with E-state index in [0.717, 1.165) is 44.0 Å². The Morgan fingerprint density at radius 1 is 1.56 bits per heavy atom. The molecule has 3 heterocycles. The summed E-state index contributed by atoms with van der Waals surface area (Å²) in [5, 5.41) is 10.3. The van der Waals surface area contributed by atoms with Crippen LogP contribution in [0.4, 0.5) is 0 Å². The summed E-state index contributed by atoms with van der Waals surface area (Å²) in [5.74, 6) is 2.13. The van der Waals surface area contributed by atoms with E-state index in [1.165, 1.54) is 4.88 Å². The molecular weight excluding hydrogens is 244 g/mol. The van der Waals surface area contributed by atoms with Gasteiger partial charge in [0.2, 0.25) is 0 Å². The number of nitrogens with zero attached hydrogens (tertiary/aromatic N) is 3. The molecule has 96 valence electrons. The predicted octanol–water partition coefficient (Wildman–Crippen LogP) is 2.01. The van der Waals surface area contributed by atoms with Crippen molar-refractivity contribution < 1.29 is 0 Å². The molecule has 5 heteroatoms. The molecule has 0 saturated carbocycles. The standard InChI is InChI=1S/C13H18N4S/c1-2-12-15-13-6-5-10(9-17(13)16-12)14-8-11-4-3-7-18-11/h3-4,7,10,14H,2,5-6,8-9H2,1H3. The van der Waals surface area contributed by atoms with Crippen molar-refractivity contribution in [2.45, 2.75) is 45.3 Å². The van der Waals surface area contributed by atoms with Gasteiger partial charge in [0.15, 0.2) is 5.82 Å². The molecule has 0 aromatic carbocycles. The summed E-state index contributed by atoms with van der Waals surface area (Å²) in [5.41, 5.74) is 0. The average molecular weight is 262 g/mol. The van der Waals surface area contributed by atoms with Crippen molar-refractivity contribution in [3.8, 4) is 0 Å². The maximum Gasteiger partial charge on any atom is 0.150 e. The topological polar surface area (TPSA) is 42.7 Å². The van der Waals surface area contributed by atoms with Crippen LogP contribution in [0.25, 0.3) is 0 Å². The van der Waals surface area contributed by atoms with Crippen LogP contribution in [0.3, 0.4) is 0 Å². The lowest BCUT2D eigenvalue weighted by molar-refractivity contribution is 0.358. The quantitative estimate of drug-likeness (QED) is 0.916. The van der Waals surface area contributed by atoms with Crippen LogP contribution in [-0.2, 0) is 25.9 Å². The molecule has 4 nitrogen and oxygen atoms in total. The van der Waals surface area contributed by atoms with E-state index in [1.807, 2.05) is 11.3 Å². The molecule has 0 bridgehead atoms. The zero-order valence-electron chi connectivity index (χ0n) is 10.6. The van der Waals surface area contributed by atoms with Crippen molar-refractivity contribution in [2.75, 3.05) is 0 Å². The highest BCUT2D eigenvalue weighted by molar-refractivity contribution is 7.09. The van der Waals surface area contributed by atoms with E-state index < -0.39 is 0 Å². The lowest BCUT2D eigenvalue weighted by atomic mass is 10.1. The lowest BCUT2D eigenvalue weighted by Gasteiger charge is -2.23. The van der Waals surface area contributed by atoms with Gasteiger partial charge in [-0.25, -0.2) is 9.67 Å². The summed E-state index contributed by atoms with van der Waals surface area (Å²) in [7, 11) is 0. The molecule has 0 amide bonds. The van der Waals surface area contributed by atoms with Crippen LogP contribution >= 0.6 is 11.3 Å². The number of thiophene rings is 1. The molecule has 2 aromatic rings. The number of rotatable bonds is 4. The molecule has 0 saturated heterocycles. The first kappa shape index (κ1) is 11.9. The minimum absolute atomic E-state index is 0.519. The minimum Gasteiger partial charge on any atom is -0.307 e. The van der Waals surface area contributed by atoms with Crippen molar-refractivity contribution >= 4 is 11.3 Å². The van der Waals surface area contributed by atoms with E-state index in [2.05, 4.69) is 44.5 Å². The van der Waals surface area contributed by atoms with Gasteiger partial charge in [-0.2, -0.15) is 5.10 Å². The van der Waals surface area contributed by atoms with Gasteiger partial charge >= 0.3 is 0 Å². The zero-order chi connectivity index (χ0) is 12.4. The smallest absolute Gasteiger partial charge is 0.150 e. The highest BCUT2D eigenvalue weighted by Gasteiger charge is 2.20. The molecule has 0 spiro atoms. The van der Waals surface area contributed by atoms with E-state index in [1.54, 1.807) is 0 Å². The van der Waals surface area contributed by atoms with Crippen LogP contribution in [0.15, 0.2) is 17.5 Å². The first-order valence-corrected chi connectivity index (χ1v) is 7.41. The molecule has 1 aliphatic heterocycles. The fraction of sp³-hybridized carbons (Fsp3) is 0.538. The number of nitrogens with one attached hydrogen (secondary N) is 1. The lowest BCUT2D eigenvalue weighted by Crippen LogP contribution is -2.37. The van der Waals surface area contributed by atoms with Crippen molar-refractivity contribution in [3.63, 3.8) is 0 Å². The summed E-state index contributed by atoms with van der Waals surface area (Å²) < 4.78 is 2.08. The first-order valence-electron chi connectivity index (χ1n) is 6.53. The van der Waals surface area contributed by atoms with Crippen LogP contribution in [0.5, 0.6) is 0 Å². The van der Waals surface area contributed by atoms with Gasteiger partial charge in [-0.3, -0.25) is 0 Å². The normalized spacial score (nSPS) is 18.8. The van der Waals surface area contributed by atoms with E-state index >= 15 is 0 Å². The second-order valence-corrected chi connectivity index (χ2v) is 5.71. The molecule has 1 N–H and O–H groups in total. The van der Waals surface area contributed by atoms with E-state index in [9.17, 15) is 0 Å². The maximum absolute atomic E-state index is 4.54. The second kappa shape index (κ2) is 5.20. The Bertz CT molecular complexity index is 503. The third kappa shape index (κ3) is 2.47. The summed E-state index contributed by atoms with van der Waals surface area (Å²) in [6.45, 7) is 4.02. The number of hydrogen-bond donors (Lipinski definition) is 1. The van der Waals surface area contributed by atoms with Gasteiger partial charge in [0, 0.05) is 30.3 Å². The van der Waals surface area contributed by atoms with Crippen molar-refractivity contribution in [1.82, 2.24) is 20.1 Å². The molecule has 18 heavy (non-hydrogen) atoms. The van der Waals surface area contributed by atoms with Gasteiger partial charge in [0.25, 0.3) is 0 Å². The largest absolute Gasteiger partial charge is 0.307 e. The van der Waals surface area contributed by atoms with Crippen LogP contribution in [0.2, 0.25) is 0 Å². The van der Waals surface area contributed by atoms with Gasteiger partial charge in [0.1, 0.15) is 5.82 Å². The van der Waals surface area contributed by atoms with Gasteiger partial charge in [0.05, 0.1) is 6.54 Å². The molecule has 3 rings (SSSR count). The maximum atomic E-state index is 4.54. The number of hydrogen-bond acceptors (Lipinski definition) is 4. The Hall–Kier alpha value is -1.20. The monoisotopic (exact) mass is 262 g/mol. The number of aryl methyl sites for hydroxylation is 2. The third-order valence-electron chi connectivity index (χ3n) is 3.36. The summed E-state index contributed by atoms with van der Waals surface area (Å²) in [6.07, 6.45) is 3.12. The Balaban J connectivity index is 1.60. The zero-order valence-corrected chi connectivity index (χ0v) is 11.4. The van der Waals surface area contributed by atoms with Gasteiger partial charge in [-0.05, 0) is 17.9 Å². The fourth-order valence-electron chi connectivity index (χ4n) is 2.34. The fourth-order valence-corrected chi connectivity index (χ4v) is 2.99. The predicted molar refractivity (Wildman–Crippen MR) is 72.7 cm³/mol. The molecular formula is C13H18N4S. The highest BCUT2D eigenvalue weighted by Crippen LogP contribution is 2.15. The Morgan fingerprint density at radius 2 is 2.50 bits per heavy atom. The molecule has 0 fully saturated rings. The van der Waals surface area contributed by atoms with Gasteiger partial charge in [-0.1, -0.05) is 13.0 Å². The van der Waals surface area contributed by atoms with Crippen LogP contribution < -0.4 is 5.32 Å². The molecule has 0 aliphatic carbocycles. The molecule has 1 atom stereocenters. The molecule has 0 radical (unpaired) electrons. The SMILES string of the molecule is CCc1nc2n(n1)CC(NCc1cccs1)CC2. The van der Waals surface area contributed by atoms with Crippen LogP contribution in [0.1, 0.15) is 29.9 Å². The summed E-state index contributed by atoms with van der Waals surface area (Å²) in [4.78, 5) is 5.94. The molecule has 1 aliphatic rings. The van der Waals surface area contributed by atoms with E-state index in [4.69, 9.17) is 0 Å². The minimum atomic E-state index is 0.519. The number of fused-ring (bicyclic) bond motifs is 1. The summed E-state index contributed by atoms with van der Waals surface area (Å²) in [6, 6.07) is 4.80. The highest BCUT2D eigenvalue weighted by atomic mass is 32.1. The molecule has 1 unspecified atom stereocenters. The Kier molecular flexibility index (Phi) is 3.43. The Labute approximate surface area is 111 Å². The third-order valence-corrected chi connectivity index (χ3v) is 4.24. The second-order valence-electron chi connectivity index (χ2n) is 4.68. The summed E-state index contributed by atoms with van der Waals surface area (Å²) >= 11 is 1.81. The van der Waals surface area contributed by atoms with Gasteiger partial charge in [-0.15, -0.1) is 11.3 Å². The van der Waals surface area contributed by atoms with Crippen molar-refractivity contribution in [2.24, 2.45) is 0 Å². The van der Waals surface area contributed by atoms with Crippen molar-refractivity contribution in [1.29, 1.82) is 0 Å². The molecule has 2 aromatic heterocycles. The first-order chi connectivity index (χ1) is 8.85.